The summed E-state index contributed by atoms with van der Waals surface area (Å²) in [5.74, 6) is 0. The van der Waals surface area contributed by atoms with E-state index in [1.54, 1.807) is 35.4 Å². The van der Waals surface area contributed by atoms with Crippen LogP contribution in [0.4, 0.5) is 0 Å². The second-order valence-electron chi connectivity index (χ2n) is 4.12. The van der Waals surface area contributed by atoms with Crippen LogP contribution in [0.25, 0.3) is 0 Å². The zero-order valence-corrected chi connectivity index (χ0v) is 10.7. The number of aliphatic hydroxyl groups excluding tert-OH is 1. The molecule has 18 heavy (non-hydrogen) atoms. The highest BCUT2D eigenvalue weighted by molar-refractivity contribution is 7.90. The molecule has 0 spiro atoms. The van der Waals surface area contributed by atoms with Crippen LogP contribution >= 0.6 is 0 Å². The molecule has 0 amide bonds. The Kier molecular flexibility index (Phi) is 3.49. The van der Waals surface area contributed by atoms with Crippen molar-refractivity contribution in [2.45, 2.75) is 17.5 Å². The topological polar surface area (TPSA) is 72.2 Å². The van der Waals surface area contributed by atoms with Crippen molar-refractivity contribution in [1.29, 1.82) is 0 Å². The van der Waals surface area contributed by atoms with Crippen molar-refractivity contribution in [2.75, 3.05) is 6.26 Å². The quantitative estimate of drug-likeness (QED) is 0.896. The van der Waals surface area contributed by atoms with E-state index in [0.717, 1.165) is 6.26 Å². The van der Waals surface area contributed by atoms with Crippen molar-refractivity contribution < 1.29 is 13.5 Å². The third-order valence-electron chi connectivity index (χ3n) is 2.64. The average Bonchev–Trinajstić information content (AvgIpc) is 2.81. The highest BCUT2D eigenvalue weighted by Crippen LogP contribution is 2.17. The number of imidazole rings is 1. The van der Waals surface area contributed by atoms with Gasteiger partial charge >= 0.3 is 0 Å². The highest BCUT2D eigenvalue weighted by atomic mass is 32.2. The number of hydrogen-bond donors (Lipinski definition) is 1. The molecule has 0 fully saturated rings. The van der Waals surface area contributed by atoms with Gasteiger partial charge in [0.2, 0.25) is 0 Å². The number of benzene rings is 1. The smallest absolute Gasteiger partial charge is 0.175 e. The Morgan fingerprint density at radius 2 is 2.00 bits per heavy atom. The lowest BCUT2D eigenvalue weighted by Crippen LogP contribution is -2.07. The van der Waals surface area contributed by atoms with E-state index in [2.05, 4.69) is 4.98 Å². The van der Waals surface area contributed by atoms with Crippen LogP contribution in [0.5, 0.6) is 0 Å². The molecule has 0 aliphatic rings. The van der Waals surface area contributed by atoms with Crippen LogP contribution in [0, 0.1) is 0 Å². The van der Waals surface area contributed by atoms with Crippen molar-refractivity contribution in [3.8, 4) is 0 Å². The maximum absolute atomic E-state index is 11.3. The minimum atomic E-state index is -3.19. The molecule has 1 N–H and O–H groups in total. The molecule has 2 aromatic rings. The van der Waals surface area contributed by atoms with Gasteiger partial charge in [0.1, 0.15) is 0 Å². The van der Waals surface area contributed by atoms with Gasteiger partial charge < -0.3 is 9.67 Å². The Balaban J connectivity index is 2.14. The molecule has 1 unspecified atom stereocenters. The van der Waals surface area contributed by atoms with E-state index in [-0.39, 0.29) is 4.90 Å². The van der Waals surface area contributed by atoms with Crippen molar-refractivity contribution in [3.63, 3.8) is 0 Å². The summed E-state index contributed by atoms with van der Waals surface area (Å²) in [6, 6.07) is 6.25. The highest BCUT2D eigenvalue weighted by Gasteiger charge is 2.11. The summed E-state index contributed by atoms with van der Waals surface area (Å²) in [6.45, 7) is 0.387. The molecular weight excluding hydrogens is 252 g/mol. The molecule has 1 aromatic carbocycles. The molecule has 1 heterocycles. The van der Waals surface area contributed by atoms with Gasteiger partial charge in [-0.25, -0.2) is 13.4 Å². The van der Waals surface area contributed by atoms with Gasteiger partial charge in [-0.3, -0.25) is 0 Å². The Bertz CT molecular complexity index is 603. The van der Waals surface area contributed by atoms with E-state index in [4.69, 9.17) is 0 Å². The third kappa shape index (κ3) is 2.96. The fourth-order valence-electron chi connectivity index (χ4n) is 1.64. The van der Waals surface area contributed by atoms with Gasteiger partial charge in [-0.05, 0) is 17.7 Å². The van der Waals surface area contributed by atoms with Crippen LogP contribution in [0.3, 0.4) is 0 Å². The van der Waals surface area contributed by atoms with Crippen LogP contribution in [-0.2, 0) is 16.4 Å². The van der Waals surface area contributed by atoms with E-state index in [1.807, 2.05) is 0 Å². The van der Waals surface area contributed by atoms with E-state index in [1.165, 1.54) is 12.1 Å². The fraction of sp³-hybridized carbons (Fsp3) is 0.250. The van der Waals surface area contributed by atoms with Crippen molar-refractivity contribution in [3.05, 3.63) is 48.5 Å². The van der Waals surface area contributed by atoms with Crippen LogP contribution in [0.1, 0.15) is 11.7 Å². The summed E-state index contributed by atoms with van der Waals surface area (Å²) in [5, 5.41) is 9.99. The van der Waals surface area contributed by atoms with E-state index >= 15 is 0 Å². The maximum Gasteiger partial charge on any atom is 0.175 e. The summed E-state index contributed by atoms with van der Waals surface area (Å²) in [6.07, 6.45) is 5.48. The monoisotopic (exact) mass is 266 g/mol. The normalized spacial score (nSPS) is 13.4. The molecule has 0 bridgehead atoms. The van der Waals surface area contributed by atoms with Gasteiger partial charge in [0.05, 0.1) is 23.9 Å². The number of sulfone groups is 1. The average molecular weight is 266 g/mol. The predicted octanol–water partition coefficient (Wildman–Crippen LogP) is 1.02. The summed E-state index contributed by atoms with van der Waals surface area (Å²) >= 11 is 0. The first kappa shape index (κ1) is 12.8. The molecule has 0 aliphatic carbocycles. The second-order valence-corrected chi connectivity index (χ2v) is 6.13. The summed E-state index contributed by atoms with van der Waals surface area (Å²) in [5.41, 5.74) is 0.677. The molecule has 1 atom stereocenters. The van der Waals surface area contributed by atoms with Gasteiger partial charge in [-0.2, -0.15) is 0 Å². The fourth-order valence-corrected chi connectivity index (χ4v) is 2.27. The molecule has 96 valence electrons. The second kappa shape index (κ2) is 4.91. The Morgan fingerprint density at radius 3 is 2.50 bits per heavy atom. The van der Waals surface area contributed by atoms with Crippen LogP contribution in [0.2, 0.25) is 0 Å². The minimum absolute atomic E-state index is 0.251. The van der Waals surface area contributed by atoms with Crippen molar-refractivity contribution >= 4 is 9.84 Å². The number of aliphatic hydroxyl groups is 1. The van der Waals surface area contributed by atoms with Crippen LogP contribution < -0.4 is 0 Å². The number of aromatic nitrogens is 2. The van der Waals surface area contributed by atoms with Gasteiger partial charge in [0.15, 0.2) is 9.84 Å². The molecule has 0 radical (unpaired) electrons. The minimum Gasteiger partial charge on any atom is -0.387 e. The van der Waals surface area contributed by atoms with Gasteiger partial charge in [-0.15, -0.1) is 0 Å². The van der Waals surface area contributed by atoms with Gasteiger partial charge in [-0.1, -0.05) is 12.1 Å². The summed E-state index contributed by atoms with van der Waals surface area (Å²) in [7, 11) is -3.19. The molecule has 6 heteroatoms. The van der Waals surface area contributed by atoms with E-state index in [0.29, 0.717) is 12.1 Å². The number of hydrogen-bond acceptors (Lipinski definition) is 4. The Morgan fingerprint density at radius 1 is 1.33 bits per heavy atom. The first-order valence-electron chi connectivity index (χ1n) is 5.40. The van der Waals surface area contributed by atoms with Crippen molar-refractivity contribution in [2.24, 2.45) is 0 Å². The first-order chi connectivity index (χ1) is 8.47. The molecule has 2 rings (SSSR count). The van der Waals surface area contributed by atoms with E-state index < -0.39 is 15.9 Å². The third-order valence-corrected chi connectivity index (χ3v) is 3.76. The Labute approximate surface area is 106 Å². The zero-order chi connectivity index (χ0) is 13.2. The lowest BCUT2D eigenvalue weighted by Gasteiger charge is -2.12. The molecule has 1 aromatic heterocycles. The van der Waals surface area contributed by atoms with Gasteiger partial charge in [0.25, 0.3) is 0 Å². The number of rotatable bonds is 4. The standard InChI is InChI=1S/C12H14N2O3S/c1-18(16,17)11-4-2-10(3-5-11)12(15)8-14-7-6-13-9-14/h2-7,9,12,15H,8H2,1H3. The van der Waals surface area contributed by atoms with Crippen molar-refractivity contribution in [1.82, 2.24) is 9.55 Å². The van der Waals surface area contributed by atoms with Gasteiger partial charge in [0, 0.05) is 18.6 Å². The zero-order valence-electron chi connectivity index (χ0n) is 9.89. The first-order valence-corrected chi connectivity index (χ1v) is 7.30. The molecule has 5 nitrogen and oxygen atoms in total. The number of nitrogens with zero attached hydrogens (tertiary/aromatic N) is 2. The maximum atomic E-state index is 11.3. The lowest BCUT2D eigenvalue weighted by molar-refractivity contribution is 0.156. The van der Waals surface area contributed by atoms with Crippen LogP contribution in [-0.4, -0.2) is 29.3 Å². The molecule has 0 aliphatic heterocycles. The predicted molar refractivity (Wildman–Crippen MR) is 66.7 cm³/mol. The molecule has 0 saturated heterocycles. The SMILES string of the molecule is CS(=O)(=O)c1ccc(C(O)Cn2ccnc2)cc1. The lowest BCUT2D eigenvalue weighted by atomic mass is 10.1. The van der Waals surface area contributed by atoms with E-state index in [9.17, 15) is 13.5 Å². The molecular formula is C12H14N2O3S. The van der Waals surface area contributed by atoms with Crippen LogP contribution in [0.15, 0.2) is 47.9 Å². The Hall–Kier alpha value is -1.66. The molecule has 0 saturated carbocycles. The largest absolute Gasteiger partial charge is 0.387 e. The summed E-state index contributed by atoms with van der Waals surface area (Å²) in [4.78, 5) is 4.14. The summed E-state index contributed by atoms with van der Waals surface area (Å²) < 4.78 is 24.3.